The number of aryl methyl sites for hydroxylation is 2. The molecule has 170 valence electrons. The molecule has 34 heavy (non-hydrogen) atoms. The van der Waals surface area contributed by atoms with Crippen LogP contribution in [0.5, 0.6) is 0 Å². The van der Waals surface area contributed by atoms with Gasteiger partial charge in [0.15, 0.2) is 12.3 Å². The normalized spacial score (nSPS) is 11.2. The van der Waals surface area contributed by atoms with Crippen LogP contribution in [-0.2, 0) is 23.1 Å². The lowest BCUT2D eigenvalue weighted by Gasteiger charge is -2.09. The molecule has 1 N–H and O–H groups in total. The molecule has 0 unspecified atom stereocenters. The first-order valence-electron chi connectivity index (χ1n) is 10.9. The Labute approximate surface area is 194 Å². The molecule has 0 fully saturated rings. The number of nitrogens with zero attached hydrogens (tertiary/aromatic N) is 3. The number of carbonyl (C=O) groups is 2. The zero-order valence-corrected chi connectivity index (χ0v) is 18.7. The van der Waals surface area contributed by atoms with Gasteiger partial charge in [-0.05, 0) is 37.3 Å². The lowest BCUT2D eigenvalue weighted by Crippen LogP contribution is -2.26. The van der Waals surface area contributed by atoms with Crippen molar-refractivity contribution in [3.8, 4) is 0 Å². The van der Waals surface area contributed by atoms with Gasteiger partial charge in [-0.3, -0.25) is 9.59 Å². The van der Waals surface area contributed by atoms with Crippen molar-refractivity contribution in [2.24, 2.45) is 7.05 Å². The summed E-state index contributed by atoms with van der Waals surface area (Å²) in [5.74, 6) is -1.25. The highest BCUT2D eigenvalue weighted by Gasteiger charge is 2.18. The van der Waals surface area contributed by atoms with E-state index in [2.05, 4.69) is 34.0 Å². The first-order valence-corrected chi connectivity index (χ1v) is 10.9. The minimum absolute atomic E-state index is 0.0145. The molecule has 1 amide bonds. The quantitative estimate of drug-likeness (QED) is 0.407. The summed E-state index contributed by atoms with van der Waals surface area (Å²) < 4.78 is 8.52. The first-order chi connectivity index (χ1) is 16.5. The van der Waals surface area contributed by atoms with Gasteiger partial charge in [-0.15, -0.1) is 0 Å². The molecule has 0 aliphatic heterocycles. The number of hydrogen-bond acceptors (Lipinski definition) is 5. The monoisotopic (exact) mass is 454 g/mol. The predicted octanol–water partition coefficient (Wildman–Crippen LogP) is 3.86. The summed E-state index contributed by atoms with van der Waals surface area (Å²) >= 11 is 0. The van der Waals surface area contributed by atoms with Crippen LogP contribution in [-0.4, -0.2) is 32.8 Å². The molecular weight excluding hydrogens is 432 g/mol. The predicted molar refractivity (Wildman–Crippen MR) is 131 cm³/mol. The molecular formula is C26H22N4O4. The van der Waals surface area contributed by atoms with E-state index < -0.39 is 18.5 Å². The van der Waals surface area contributed by atoms with Crippen LogP contribution < -0.4 is 10.9 Å². The van der Waals surface area contributed by atoms with Crippen molar-refractivity contribution < 1.29 is 14.3 Å². The van der Waals surface area contributed by atoms with Gasteiger partial charge in [-0.1, -0.05) is 36.4 Å². The second-order valence-electron chi connectivity index (χ2n) is 7.94. The Balaban J connectivity index is 1.35. The first kappa shape index (κ1) is 21.4. The third-order valence-corrected chi connectivity index (χ3v) is 5.86. The number of carbonyl (C=O) groups excluding carboxylic acids is 2. The van der Waals surface area contributed by atoms with E-state index in [0.717, 1.165) is 33.0 Å². The minimum Gasteiger partial charge on any atom is -0.451 e. The Bertz CT molecular complexity index is 1650. The van der Waals surface area contributed by atoms with E-state index in [1.807, 2.05) is 30.3 Å². The van der Waals surface area contributed by atoms with Crippen LogP contribution in [0.1, 0.15) is 17.4 Å². The van der Waals surface area contributed by atoms with Crippen molar-refractivity contribution in [1.82, 2.24) is 14.3 Å². The van der Waals surface area contributed by atoms with Gasteiger partial charge < -0.3 is 14.6 Å². The van der Waals surface area contributed by atoms with Crippen molar-refractivity contribution in [2.45, 2.75) is 13.5 Å². The van der Waals surface area contributed by atoms with Crippen molar-refractivity contribution in [3.63, 3.8) is 0 Å². The van der Waals surface area contributed by atoms with Crippen molar-refractivity contribution in [1.29, 1.82) is 0 Å². The number of hydrogen-bond donors (Lipinski definition) is 1. The Morgan fingerprint density at radius 2 is 1.59 bits per heavy atom. The summed E-state index contributed by atoms with van der Waals surface area (Å²) in [5.41, 5.74) is 2.50. The van der Waals surface area contributed by atoms with E-state index >= 15 is 0 Å². The van der Waals surface area contributed by atoms with Gasteiger partial charge in [-0.25, -0.2) is 9.48 Å². The molecule has 8 nitrogen and oxygen atoms in total. The molecule has 0 spiro atoms. The van der Waals surface area contributed by atoms with E-state index in [9.17, 15) is 14.4 Å². The smallest absolute Gasteiger partial charge is 0.359 e. The van der Waals surface area contributed by atoms with Crippen LogP contribution in [0.3, 0.4) is 0 Å². The van der Waals surface area contributed by atoms with Gasteiger partial charge >= 0.3 is 5.97 Å². The number of ether oxygens (including phenoxy) is 1. The van der Waals surface area contributed by atoms with Crippen molar-refractivity contribution >= 4 is 50.1 Å². The van der Waals surface area contributed by atoms with Crippen molar-refractivity contribution in [2.75, 3.05) is 11.9 Å². The van der Waals surface area contributed by atoms with Gasteiger partial charge in [-0.2, -0.15) is 5.10 Å². The fourth-order valence-corrected chi connectivity index (χ4v) is 4.32. The third-order valence-electron chi connectivity index (χ3n) is 5.86. The molecule has 3 aromatic carbocycles. The number of anilines is 1. The van der Waals surface area contributed by atoms with Crippen LogP contribution in [0.25, 0.3) is 32.6 Å². The summed E-state index contributed by atoms with van der Waals surface area (Å²) in [6.07, 6.45) is 0. The van der Waals surface area contributed by atoms with E-state index in [-0.39, 0.29) is 11.3 Å². The highest BCUT2D eigenvalue weighted by atomic mass is 16.5. The summed E-state index contributed by atoms with van der Waals surface area (Å²) in [6.45, 7) is 2.45. The maximum absolute atomic E-state index is 12.7. The summed E-state index contributed by atoms with van der Waals surface area (Å²) in [7, 11) is 1.46. The molecule has 5 aromatic rings. The molecule has 2 aromatic heterocycles. The van der Waals surface area contributed by atoms with Crippen LogP contribution in [0.2, 0.25) is 0 Å². The number of amides is 1. The standard InChI is InChI=1S/C26H22N4O4/c1-3-30-21-11-7-6-8-17(21)20-14-16(12-13-22(20)30)27-23(31)15-34-26(33)24-18-9-4-5-10-19(18)25(32)29(2)28-24/h4-14H,3,15H2,1-2H3,(H,27,31). The van der Waals surface area contributed by atoms with Gasteiger partial charge in [0.25, 0.3) is 11.5 Å². The minimum atomic E-state index is -0.775. The maximum atomic E-state index is 12.7. The number of benzene rings is 3. The van der Waals surface area contributed by atoms with E-state index in [0.29, 0.717) is 16.5 Å². The van der Waals surface area contributed by atoms with Crippen LogP contribution >= 0.6 is 0 Å². The van der Waals surface area contributed by atoms with Crippen LogP contribution in [0, 0.1) is 0 Å². The van der Waals surface area contributed by atoms with Gasteiger partial charge in [0, 0.05) is 46.5 Å². The highest BCUT2D eigenvalue weighted by Crippen LogP contribution is 2.31. The Morgan fingerprint density at radius 3 is 2.35 bits per heavy atom. The second-order valence-corrected chi connectivity index (χ2v) is 7.94. The molecule has 0 bridgehead atoms. The molecule has 0 saturated carbocycles. The van der Waals surface area contributed by atoms with E-state index in [4.69, 9.17) is 4.74 Å². The average molecular weight is 454 g/mol. The van der Waals surface area contributed by atoms with Crippen molar-refractivity contribution in [3.05, 3.63) is 82.8 Å². The fraction of sp³-hybridized carbons (Fsp3) is 0.154. The molecule has 0 radical (unpaired) electrons. The zero-order valence-electron chi connectivity index (χ0n) is 18.7. The van der Waals surface area contributed by atoms with Gasteiger partial charge in [0.1, 0.15) is 0 Å². The van der Waals surface area contributed by atoms with Gasteiger partial charge in [0.05, 0.1) is 5.39 Å². The SMILES string of the molecule is CCn1c2ccccc2c2cc(NC(=O)COC(=O)c3nn(C)c(=O)c4ccccc34)ccc21. The molecule has 5 rings (SSSR count). The lowest BCUT2D eigenvalue weighted by molar-refractivity contribution is -0.119. The Morgan fingerprint density at radius 1 is 0.912 bits per heavy atom. The maximum Gasteiger partial charge on any atom is 0.359 e. The number of rotatable bonds is 5. The van der Waals surface area contributed by atoms with E-state index in [1.165, 1.54) is 7.05 Å². The molecule has 0 saturated heterocycles. The lowest BCUT2D eigenvalue weighted by atomic mass is 10.1. The van der Waals surface area contributed by atoms with Crippen LogP contribution in [0.4, 0.5) is 5.69 Å². The van der Waals surface area contributed by atoms with Crippen LogP contribution in [0.15, 0.2) is 71.5 Å². The number of esters is 1. The molecule has 0 aliphatic rings. The molecule has 8 heteroatoms. The van der Waals surface area contributed by atoms with Gasteiger partial charge in [0.2, 0.25) is 0 Å². The average Bonchev–Trinajstić information content (AvgIpc) is 3.17. The number of aromatic nitrogens is 3. The highest BCUT2D eigenvalue weighted by molar-refractivity contribution is 6.10. The number of para-hydroxylation sites is 1. The zero-order chi connectivity index (χ0) is 23.8. The third kappa shape index (κ3) is 3.59. The number of fused-ring (bicyclic) bond motifs is 4. The summed E-state index contributed by atoms with van der Waals surface area (Å²) in [4.78, 5) is 37.4. The topological polar surface area (TPSA) is 95.2 Å². The molecule has 0 aliphatic carbocycles. The fourth-order valence-electron chi connectivity index (χ4n) is 4.32. The second kappa shape index (κ2) is 8.47. The van der Waals surface area contributed by atoms with E-state index in [1.54, 1.807) is 24.3 Å². The molecule has 0 atom stereocenters. The molecule has 2 heterocycles. The largest absolute Gasteiger partial charge is 0.451 e. The number of nitrogens with one attached hydrogen (secondary N) is 1. The summed E-state index contributed by atoms with van der Waals surface area (Å²) in [5, 5.41) is 9.70. The summed E-state index contributed by atoms with van der Waals surface area (Å²) in [6, 6.07) is 20.5. The Hall–Kier alpha value is -4.46. The Kier molecular flexibility index (Phi) is 5.33.